The van der Waals surface area contributed by atoms with E-state index in [1.54, 1.807) is 7.11 Å². The van der Waals surface area contributed by atoms with E-state index in [1.807, 2.05) is 0 Å². The van der Waals surface area contributed by atoms with Crippen LogP contribution in [0.3, 0.4) is 0 Å². The molecule has 0 N–H and O–H groups in total. The van der Waals surface area contributed by atoms with Gasteiger partial charge in [0.2, 0.25) is 0 Å². The Labute approximate surface area is 234 Å². The third-order valence-corrected chi connectivity index (χ3v) is 11.4. The van der Waals surface area contributed by atoms with Crippen LogP contribution in [0.1, 0.15) is 29.2 Å². The molecule has 0 saturated carbocycles. The molecule has 0 aliphatic carbocycles. The van der Waals surface area contributed by atoms with E-state index in [9.17, 15) is 0 Å². The van der Waals surface area contributed by atoms with Gasteiger partial charge in [-0.25, -0.2) is 0 Å². The van der Waals surface area contributed by atoms with E-state index in [0.717, 1.165) is 11.9 Å². The second kappa shape index (κ2) is 13.0. The highest BCUT2D eigenvalue weighted by Crippen LogP contribution is 2.55. The van der Waals surface area contributed by atoms with E-state index in [2.05, 4.69) is 143 Å². The molecule has 0 atom stereocenters. The number of rotatable bonds is 8. The van der Waals surface area contributed by atoms with E-state index < -0.39 is 7.26 Å². The van der Waals surface area contributed by atoms with E-state index in [1.165, 1.54) is 43.7 Å². The molecule has 0 heterocycles. The lowest BCUT2D eigenvalue weighted by Crippen LogP contribution is -3.00. The molecule has 1 nitrogen and oxygen atoms in total. The lowest BCUT2D eigenvalue weighted by atomic mass is 9.96. The zero-order chi connectivity index (χ0) is 25.5. The molecule has 0 amide bonds. The number of hydrogen-bond acceptors (Lipinski definition) is 1. The minimum Gasteiger partial charge on any atom is -1.00 e. The molecule has 0 aromatic heterocycles. The van der Waals surface area contributed by atoms with E-state index >= 15 is 0 Å². The van der Waals surface area contributed by atoms with Gasteiger partial charge in [-0.1, -0.05) is 72.3 Å². The summed E-state index contributed by atoms with van der Waals surface area (Å²) in [6.07, 6.45) is 7.92. The fourth-order valence-electron chi connectivity index (χ4n) is 4.91. The van der Waals surface area contributed by atoms with Crippen LogP contribution in [0.5, 0.6) is 5.75 Å². The summed E-state index contributed by atoms with van der Waals surface area (Å²) >= 11 is 0. The normalized spacial score (nSPS) is 11.9. The molecule has 0 aliphatic heterocycles. The fourth-order valence-corrected chi connectivity index (χ4v) is 9.04. The number of methoxy groups -OCH3 is 1. The van der Waals surface area contributed by atoms with Gasteiger partial charge in [0.15, 0.2) is 0 Å². The second-order valence-electron chi connectivity index (χ2n) is 9.34. The zero-order valence-corrected chi connectivity index (χ0v) is 24.9. The maximum atomic E-state index is 5.56. The summed E-state index contributed by atoms with van der Waals surface area (Å²) in [5.74, 6) is 0.956. The van der Waals surface area contributed by atoms with Crippen molar-refractivity contribution in [2.45, 2.75) is 27.7 Å². The molecule has 0 aliphatic rings. The molecule has 0 saturated heterocycles. The van der Waals surface area contributed by atoms with Gasteiger partial charge in [0.1, 0.15) is 28.9 Å². The van der Waals surface area contributed by atoms with E-state index in [4.69, 9.17) is 4.74 Å². The number of halogens is 1. The number of hydrogen-bond donors (Lipinski definition) is 0. The summed E-state index contributed by atoms with van der Waals surface area (Å²) < 4.78 is 5.56. The molecule has 4 aromatic rings. The van der Waals surface area contributed by atoms with Crippen LogP contribution in [0.2, 0.25) is 0 Å². The highest BCUT2D eigenvalue weighted by molar-refractivity contribution is 7.95. The van der Waals surface area contributed by atoms with Crippen molar-refractivity contribution in [1.29, 1.82) is 0 Å². The van der Waals surface area contributed by atoms with Gasteiger partial charge in [-0.2, -0.15) is 0 Å². The molecule has 0 bridgehead atoms. The van der Waals surface area contributed by atoms with Crippen LogP contribution in [0.4, 0.5) is 0 Å². The molecule has 4 rings (SSSR count). The van der Waals surface area contributed by atoms with Crippen LogP contribution in [0.15, 0.2) is 115 Å². The van der Waals surface area contributed by atoms with E-state index in [-0.39, 0.29) is 17.0 Å². The Bertz CT molecular complexity index is 1260. The quantitative estimate of drug-likeness (QED) is 0.222. The van der Waals surface area contributed by atoms with Gasteiger partial charge in [-0.3, -0.25) is 0 Å². The fraction of sp³-hybridized carbons (Fsp3) is 0.176. The molecule has 0 fully saturated rings. The molecular weight excluding hydrogens is 535 g/mol. The first-order chi connectivity index (χ1) is 17.5. The van der Waals surface area contributed by atoms with Crippen LogP contribution >= 0.6 is 7.26 Å². The van der Waals surface area contributed by atoms with Gasteiger partial charge in [-0.15, -0.1) is 0 Å². The minimum atomic E-state index is -1.87. The average Bonchev–Trinajstić information content (AvgIpc) is 2.93. The van der Waals surface area contributed by atoms with Crippen molar-refractivity contribution in [2.75, 3.05) is 13.3 Å². The third kappa shape index (κ3) is 6.15. The second-order valence-corrected chi connectivity index (χ2v) is 12.9. The first-order valence-corrected chi connectivity index (χ1v) is 14.5. The maximum Gasteiger partial charge on any atom is 0.122 e. The van der Waals surface area contributed by atoms with Gasteiger partial charge in [0.05, 0.1) is 13.3 Å². The molecule has 4 aromatic carbocycles. The molecule has 3 heteroatoms. The smallest absolute Gasteiger partial charge is 0.122 e. The Balaban J connectivity index is 0.00000380. The Morgan fingerprint density at radius 3 is 1.62 bits per heavy atom. The molecular formula is C34H36BrOP. The lowest BCUT2D eigenvalue weighted by Gasteiger charge is -2.26. The number of aryl methyl sites for hydroxylation is 1. The largest absolute Gasteiger partial charge is 1.00 e. The standard InChI is InChI=1S/C34H36OP.BrH/c1-26(21-22-33-27(2)25-34(35-5)29(4)28(33)3)23-24-36(30-15-9-6-10-16-30,31-17-11-7-12-18-31)32-19-13-8-14-20-32;/h6-23,25H,24H2,1-5H3;1H/q+1;/p-1/b22-21+,26-23+;. The van der Waals surface area contributed by atoms with Crippen LogP contribution in [-0.4, -0.2) is 13.3 Å². The van der Waals surface area contributed by atoms with Crippen LogP contribution in [0.25, 0.3) is 6.08 Å². The first kappa shape index (κ1) is 28.6. The van der Waals surface area contributed by atoms with Crippen molar-refractivity contribution >= 4 is 29.3 Å². The third-order valence-electron chi connectivity index (χ3n) is 7.12. The van der Waals surface area contributed by atoms with Crippen LogP contribution < -0.4 is 37.6 Å². The highest BCUT2D eigenvalue weighted by atomic mass is 79.9. The number of benzene rings is 4. The zero-order valence-electron chi connectivity index (χ0n) is 22.4. The summed E-state index contributed by atoms with van der Waals surface area (Å²) in [7, 11) is -0.126. The SMILES string of the molecule is COc1cc(C)c(/C=C/C(C)=C/C[P+](c2ccccc2)(c2ccccc2)c2ccccc2)c(C)c1C.[Br-]. The van der Waals surface area contributed by atoms with Gasteiger partial charge in [0, 0.05) is 0 Å². The van der Waals surface area contributed by atoms with Crippen molar-refractivity contribution in [3.8, 4) is 5.75 Å². The van der Waals surface area contributed by atoms with Gasteiger partial charge >= 0.3 is 0 Å². The monoisotopic (exact) mass is 570 g/mol. The lowest BCUT2D eigenvalue weighted by molar-refractivity contribution is -0.00000757. The van der Waals surface area contributed by atoms with Gasteiger partial charge in [0.25, 0.3) is 0 Å². The van der Waals surface area contributed by atoms with Crippen LogP contribution in [0, 0.1) is 20.8 Å². The van der Waals surface area contributed by atoms with Gasteiger partial charge in [-0.05, 0) is 98.5 Å². The van der Waals surface area contributed by atoms with Crippen molar-refractivity contribution in [3.05, 3.63) is 137 Å². The Morgan fingerprint density at radius 1 is 0.730 bits per heavy atom. The minimum absolute atomic E-state index is 0. The Hall–Kier alpha value is -2.93. The summed E-state index contributed by atoms with van der Waals surface area (Å²) in [6, 6.07) is 35.3. The van der Waals surface area contributed by atoms with Crippen LogP contribution in [-0.2, 0) is 0 Å². The van der Waals surface area contributed by atoms with E-state index in [0.29, 0.717) is 0 Å². The molecule has 190 valence electrons. The van der Waals surface area contributed by atoms with Crippen molar-refractivity contribution in [1.82, 2.24) is 0 Å². The topological polar surface area (TPSA) is 9.23 Å². The number of allylic oxidation sites excluding steroid dienone is 3. The summed E-state index contributed by atoms with van der Waals surface area (Å²) in [5.41, 5.74) is 6.26. The van der Waals surface area contributed by atoms with Gasteiger partial charge < -0.3 is 21.7 Å². The predicted octanol–water partition coefficient (Wildman–Crippen LogP) is 4.58. The molecule has 0 spiro atoms. The maximum absolute atomic E-state index is 5.56. The Morgan fingerprint density at radius 2 is 1.19 bits per heavy atom. The highest BCUT2D eigenvalue weighted by Gasteiger charge is 2.44. The molecule has 0 radical (unpaired) electrons. The predicted molar refractivity (Wildman–Crippen MR) is 160 cm³/mol. The van der Waals surface area contributed by atoms with Crippen molar-refractivity contribution in [2.24, 2.45) is 0 Å². The average molecular weight is 572 g/mol. The molecule has 0 unspecified atom stereocenters. The first-order valence-electron chi connectivity index (χ1n) is 12.5. The number of ether oxygens (including phenoxy) is 1. The summed E-state index contributed by atoms with van der Waals surface area (Å²) in [4.78, 5) is 0. The van der Waals surface area contributed by atoms with Crippen molar-refractivity contribution < 1.29 is 21.7 Å². The summed E-state index contributed by atoms with van der Waals surface area (Å²) in [6.45, 7) is 8.68. The Kier molecular flexibility index (Phi) is 10.1. The molecule has 37 heavy (non-hydrogen) atoms. The van der Waals surface area contributed by atoms with Crippen molar-refractivity contribution in [3.63, 3.8) is 0 Å². The summed E-state index contributed by atoms with van der Waals surface area (Å²) in [5, 5.41) is 4.23.